The second-order valence-corrected chi connectivity index (χ2v) is 6.30. The van der Waals surface area contributed by atoms with Crippen LogP contribution in [0.5, 0.6) is 11.5 Å². The minimum atomic E-state index is -0.407. The van der Waals surface area contributed by atoms with Crippen LogP contribution >= 0.6 is 0 Å². The maximum Gasteiger partial charge on any atom is 0.336 e. The molecule has 0 amide bonds. The minimum Gasteiger partial charge on any atom is -0.497 e. The van der Waals surface area contributed by atoms with Crippen molar-refractivity contribution in [1.29, 1.82) is 0 Å². The number of benzene rings is 2. The van der Waals surface area contributed by atoms with Crippen LogP contribution in [-0.4, -0.2) is 13.1 Å². The molecule has 0 aliphatic carbocycles. The molecule has 0 radical (unpaired) electrons. The van der Waals surface area contributed by atoms with Crippen LogP contribution < -0.4 is 9.47 Å². The topological polar surface area (TPSA) is 35.5 Å². The fraction of sp³-hybridized carbons (Fsp3) is 0.250. The molecule has 2 rings (SSSR count). The van der Waals surface area contributed by atoms with E-state index in [1.54, 1.807) is 37.5 Å². The van der Waals surface area contributed by atoms with Crippen LogP contribution in [-0.2, 0) is 10.2 Å². The average molecular weight is 310 g/mol. The van der Waals surface area contributed by atoms with E-state index in [1.165, 1.54) is 11.6 Å². The van der Waals surface area contributed by atoms with Crippen molar-refractivity contribution in [3.8, 4) is 11.5 Å². The number of ether oxygens (including phenoxy) is 2. The summed E-state index contributed by atoms with van der Waals surface area (Å²) in [6.45, 7) is 6.51. The lowest BCUT2D eigenvalue weighted by atomic mass is 9.87. The van der Waals surface area contributed by atoms with Gasteiger partial charge in [0.25, 0.3) is 0 Å². The van der Waals surface area contributed by atoms with Gasteiger partial charge in [-0.05, 0) is 46.9 Å². The van der Waals surface area contributed by atoms with E-state index in [1.807, 2.05) is 12.1 Å². The largest absolute Gasteiger partial charge is 0.497 e. The number of carbonyl (C=O) groups is 1. The molecule has 0 heterocycles. The van der Waals surface area contributed by atoms with Gasteiger partial charge in [0.05, 0.1) is 7.11 Å². The van der Waals surface area contributed by atoms with Gasteiger partial charge in [-0.2, -0.15) is 0 Å². The van der Waals surface area contributed by atoms with Crippen molar-refractivity contribution in [1.82, 2.24) is 0 Å². The molecule has 23 heavy (non-hydrogen) atoms. The third kappa shape index (κ3) is 4.99. The van der Waals surface area contributed by atoms with Crippen LogP contribution in [0.2, 0.25) is 0 Å². The SMILES string of the molecule is COc1ccc(OC(=O)C=Cc2ccc(C(C)(C)C)cc2)cc1. The average Bonchev–Trinajstić information content (AvgIpc) is 2.53. The molecule has 120 valence electrons. The summed E-state index contributed by atoms with van der Waals surface area (Å²) in [6.07, 6.45) is 3.18. The van der Waals surface area contributed by atoms with E-state index in [0.717, 1.165) is 11.3 Å². The highest BCUT2D eigenvalue weighted by atomic mass is 16.5. The summed E-state index contributed by atoms with van der Waals surface area (Å²) in [6, 6.07) is 15.0. The highest BCUT2D eigenvalue weighted by Crippen LogP contribution is 2.22. The summed E-state index contributed by atoms with van der Waals surface area (Å²) in [5.74, 6) is 0.804. The molecule has 0 aliphatic heterocycles. The zero-order valence-corrected chi connectivity index (χ0v) is 14.0. The molecule has 0 N–H and O–H groups in total. The molecule has 0 spiro atoms. The van der Waals surface area contributed by atoms with Gasteiger partial charge < -0.3 is 9.47 Å². The van der Waals surface area contributed by atoms with Crippen LogP contribution in [0.15, 0.2) is 54.6 Å². The lowest BCUT2D eigenvalue weighted by Crippen LogP contribution is -2.10. The molecule has 2 aromatic carbocycles. The summed E-state index contributed by atoms with van der Waals surface area (Å²) in [7, 11) is 1.59. The molecule has 0 unspecified atom stereocenters. The van der Waals surface area contributed by atoms with Gasteiger partial charge in [-0.1, -0.05) is 45.0 Å². The van der Waals surface area contributed by atoms with Crippen LogP contribution in [0.3, 0.4) is 0 Å². The highest BCUT2D eigenvalue weighted by molar-refractivity contribution is 5.88. The Morgan fingerprint density at radius 3 is 2.00 bits per heavy atom. The van der Waals surface area contributed by atoms with Crippen molar-refractivity contribution in [3.63, 3.8) is 0 Å². The Kier molecular flexibility index (Phi) is 5.22. The van der Waals surface area contributed by atoms with E-state index in [4.69, 9.17) is 9.47 Å². The quantitative estimate of drug-likeness (QED) is 0.470. The van der Waals surface area contributed by atoms with Gasteiger partial charge in [-0.3, -0.25) is 0 Å². The smallest absolute Gasteiger partial charge is 0.336 e. The first-order valence-electron chi connectivity index (χ1n) is 7.53. The maximum atomic E-state index is 11.8. The third-order valence-electron chi connectivity index (χ3n) is 3.47. The van der Waals surface area contributed by atoms with Gasteiger partial charge in [-0.15, -0.1) is 0 Å². The van der Waals surface area contributed by atoms with Gasteiger partial charge in [0.15, 0.2) is 0 Å². The van der Waals surface area contributed by atoms with Crippen molar-refractivity contribution in [2.24, 2.45) is 0 Å². The van der Waals surface area contributed by atoms with Crippen LogP contribution in [0.25, 0.3) is 6.08 Å². The summed E-state index contributed by atoms with van der Waals surface area (Å²) in [5, 5.41) is 0. The molecule has 3 heteroatoms. The monoisotopic (exact) mass is 310 g/mol. The Balaban J connectivity index is 1.97. The molecular formula is C20H22O3. The van der Waals surface area contributed by atoms with E-state index in [9.17, 15) is 4.79 Å². The Hall–Kier alpha value is -2.55. The predicted octanol–water partition coefficient (Wildman–Crippen LogP) is 4.61. The number of esters is 1. The zero-order chi connectivity index (χ0) is 16.9. The first-order valence-corrected chi connectivity index (χ1v) is 7.53. The van der Waals surface area contributed by atoms with Gasteiger partial charge in [0.1, 0.15) is 11.5 Å². The van der Waals surface area contributed by atoms with E-state index >= 15 is 0 Å². The molecule has 0 saturated heterocycles. The first-order chi connectivity index (χ1) is 10.9. The van der Waals surface area contributed by atoms with Crippen molar-refractivity contribution in [2.75, 3.05) is 7.11 Å². The highest BCUT2D eigenvalue weighted by Gasteiger charge is 2.12. The van der Waals surface area contributed by atoms with Gasteiger partial charge >= 0.3 is 5.97 Å². The lowest BCUT2D eigenvalue weighted by Gasteiger charge is -2.18. The Labute approximate surface area is 137 Å². The normalized spacial score (nSPS) is 11.5. The molecule has 0 fully saturated rings. The van der Waals surface area contributed by atoms with Crippen LogP contribution in [0.1, 0.15) is 31.9 Å². The summed E-state index contributed by atoms with van der Waals surface area (Å²) < 4.78 is 10.3. The van der Waals surface area contributed by atoms with E-state index < -0.39 is 5.97 Å². The standard InChI is InChI=1S/C20H22O3/c1-20(2,3)16-8-5-15(6-9-16)7-14-19(21)23-18-12-10-17(22-4)11-13-18/h5-14H,1-4H3. The molecule has 0 aromatic heterocycles. The molecular weight excluding hydrogens is 288 g/mol. The van der Waals surface area contributed by atoms with Crippen LogP contribution in [0.4, 0.5) is 0 Å². The summed E-state index contributed by atoms with van der Waals surface area (Å²) in [4.78, 5) is 11.8. The second-order valence-electron chi connectivity index (χ2n) is 6.30. The Bertz CT molecular complexity index is 674. The van der Waals surface area contributed by atoms with E-state index in [0.29, 0.717) is 5.75 Å². The van der Waals surface area contributed by atoms with Crippen molar-refractivity contribution < 1.29 is 14.3 Å². The molecule has 0 bridgehead atoms. The van der Waals surface area contributed by atoms with E-state index in [2.05, 4.69) is 32.9 Å². The minimum absolute atomic E-state index is 0.121. The zero-order valence-electron chi connectivity index (χ0n) is 14.0. The Morgan fingerprint density at radius 1 is 0.913 bits per heavy atom. The summed E-state index contributed by atoms with van der Waals surface area (Å²) >= 11 is 0. The number of rotatable bonds is 4. The molecule has 2 aromatic rings. The van der Waals surface area contributed by atoms with Crippen LogP contribution in [0, 0.1) is 0 Å². The number of hydrogen-bond donors (Lipinski definition) is 0. The number of carbonyl (C=O) groups excluding carboxylic acids is 1. The fourth-order valence-corrected chi connectivity index (χ4v) is 2.05. The van der Waals surface area contributed by atoms with Gasteiger partial charge in [0.2, 0.25) is 0 Å². The van der Waals surface area contributed by atoms with Crippen molar-refractivity contribution >= 4 is 12.0 Å². The maximum absolute atomic E-state index is 11.8. The first kappa shape index (κ1) is 16.8. The predicted molar refractivity (Wildman–Crippen MR) is 92.8 cm³/mol. The lowest BCUT2D eigenvalue weighted by molar-refractivity contribution is -0.128. The van der Waals surface area contributed by atoms with Crippen molar-refractivity contribution in [3.05, 3.63) is 65.7 Å². The number of methoxy groups -OCH3 is 1. The number of hydrogen-bond acceptors (Lipinski definition) is 3. The summed E-state index contributed by atoms with van der Waals surface area (Å²) in [5.41, 5.74) is 2.34. The molecule has 0 aliphatic rings. The third-order valence-corrected chi connectivity index (χ3v) is 3.47. The van der Waals surface area contributed by atoms with Gasteiger partial charge in [0, 0.05) is 6.08 Å². The molecule has 0 saturated carbocycles. The fourth-order valence-electron chi connectivity index (χ4n) is 2.05. The molecule has 0 atom stereocenters. The van der Waals surface area contributed by atoms with Crippen molar-refractivity contribution in [2.45, 2.75) is 26.2 Å². The Morgan fingerprint density at radius 2 is 1.48 bits per heavy atom. The molecule has 3 nitrogen and oxygen atoms in total. The van der Waals surface area contributed by atoms with Gasteiger partial charge in [-0.25, -0.2) is 4.79 Å². The van der Waals surface area contributed by atoms with E-state index in [-0.39, 0.29) is 5.41 Å². The second kappa shape index (κ2) is 7.14.